The minimum absolute atomic E-state index is 0.277. The van der Waals surface area contributed by atoms with E-state index in [1.807, 2.05) is 18.2 Å². The predicted octanol–water partition coefficient (Wildman–Crippen LogP) is 5.15. The van der Waals surface area contributed by atoms with Gasteiger partial charge in [-0.05, 0) is 28.8 Å². The SMILES string of the molecule is C[Si](C)C(C)(C)COc1ccc(Cl)c(CBr)c1. The summed E-state index contributed by atoms with van der Waals surface area (Å²) in [5.74, 6) is 0.903. The van der Waals surface area contributed by atoms with Gasteiger partial charge >= 0.3 is 0 Å². The fraction of sp³-hybridized carbons (Fsp3) is 0.538. The van der Waals surface area contributed by atoms with Crippen LogP contribution < -0.4 is 4.74 Å². The van der Waals surface area contributed by atoms with Crippen molar-refractivity contribution in [2.45, 2.75) is 37.3 Å². The summed E-state index contributed by atoms with van der Waals surface area (Å²) in [5.41, 5.74) is 1.07. The zero-order valence-electron chi connectivity index (χ0n) is 10.8. The summed E-state index contributed by atoms with van der Waals surface area (Å²) in [7, 11) is -0.364. The molecule has 0 aliphatic rings. The molecule has 0 saturated heterocycles. The molecule has 0 heterocycles. The van der Waals surface area contributed by atoms with Crippen LogP contribution >= 0.6 is 27.5 Å². The minimum atomic E-state index is -0.364. The molecule has 0 aliphatic heterocycles. The molecular formula is C13H19BrClOSi. The Labute approximate surface area is 119 Å². The fourth-order valence-corrected chi connectivity index (χ4v) is 2.32. The van der Waals surface area contributed by atoms with Gasteiger partial charge in [-0.1, -0.05) is 54.5 Å². The molecule has 0 atom stereocenters. The monoisotopic (exact) mass is 333 g/mol. The van der Waals surface area contributed by atoms with Gasteiger partial charge in [0, 0.05) is 10.4 Å². The normalized spacial score (nSPS) is 11.9. The van der Waals surface area contributed by atoms with Crippen molar-refractivity contribution in [1.29, 1.82) is 0 Å². The van der Waals surface area contributed by atoms with Crippen LogP contribution in [0.2, 0.25) is 23.2 Å². The number of benzene rings is 1. The molecule has 1 aromatic rings. The van der Waals surface area contributed by atoms with Gasteiger partial charge in [0.1, 0.15) is 5.75 Å². The van der Waals surface area contributed by atoms with E-state index in [-0.39, 0.29) is 13.8 Å². The molecule has 1 nitrogen and oxygen atoms in total. The Balaban J connectivity index is 2.70. The van der Waals surface area contributed by atoms with Crippen molar-refractivity contribution in [1.82, 2.24) is 0 Å². The van der Waals surface area contributed by atoms with E-state index in [2.05, 4.69) is 42.9 Å². The first-order valence-electron chi connectivity index (χ1n) is 5.64. The highest BCUT2D eigenvalue weighted by Crippen LogP contribution is 2.30. The Morgan fingerprint density at radius 1 is 1.35 bits per heavy atom. The number of halogens is 2. The van der Waals surface area contributed by atoms with E-state index in [1.165, 1.54) is 0 Å². The second-order valence-electron chi connectivity index (χ2n) is 5.06. The zero-order valence-corrected chi connectivity index (χ0v) is 14.2. The zero-order chi connectivity index (χ0) is 13.1. The van der Waals surface area contributed by atoms with Crippen molar-refractivity contribution in [3.8, 4) is 5.75 Å². The first-order chi connectivity index (χ1) is 7.86. The van der Waals surface area contributed by atoms with Crippen LogP contribution in [0, 0.1) is 0 Å². The van der Waals surface area contributed by atoms with E-state index >= 15 is 0 Å². The van der Waals surface area contributed by atoms with Gasteiger partial charge in [-0.15, -0.1) is 0 Å². The fourth-order valence-electron chi connectivity index (χ4n) is 1.15. The summed E-state index contributed by atoms with van der Waals surface area (Å²) in [4.78, 5) is 0. The summed E-state index contributed by atoms with van der Waals surface area (Å²) in [6, 6.07) is 5.83. The lowest BCUT2D eigenvalue weighted by molar-refractivity contribution is 0.276. The van der Waals surface area contributed by atoms with Crippen molar-refractivity contribution in [2.24, 2.45) is 0 Å². The number of rotatable bonds is 5. The van der Waals surface area contributed by atoms with Crippen LogP contribution in [0.5, 0.6) is 5.75 Å². The highest BCUT2D eigenvalue weighted by Gasteiger charge is 2.24. The highest BCUT2D eigenvalue weighted by molar-refractivity contribution is 9.08. The van der Waals surface area contributed by atoms with Crippen LogP contribution in [0.15, 0.2) is 18.2 Å². The molecule has 0 amide bonds. The Morgan fingerprint density at radius 3 is 2.53 bits per heavy atom. The molecule has 4 heteroatoms. The Bertz CT molecular complexity index is 380. The van der Waals surface area contributed by atoms with Crippen LogP contribution in [-0.4, -0.2) is 15.4 Å². The molecule has 0 aliphatic carbocycles. The molecule has 0 bridgehead atoms. The van der Waals surface area contributed by atoms with Gasteiger partial charge in [-0.25, -0.2) is 0 Å². The summed E-state index contributed by atoms with van der Waals surface area (Å²) >= 11 is 9.48. The third-order valence-corrected chi connectivity index (χ3v) is 6.94. The van der Waals surface area contributed by atoms with Crippen molar-refractivity contribution in [3.63, 3.8) is 0 Å². The lowest BCUT2D eigenvalue weighted by atomic mass is 10.2. The standard InChI is InChI=1S/C13H19BrClOSi/c1-13(2,17(3)4)9-16-11-5-6-12(15)10(7-11)8-14/h5-7H,8-9H2,1-4H3. The summed E-state index contributed by atoms with van der Waals surface area (Å²) in [6.45, 7) is 9.93. The molecule has 0 spiro atoms. The Kier molecular flexibility index (Phi) is 5.54. The average Bonchev–Trinajstić information content (AvgIpc) is 2.28. The number of hydrogen-bond acceptors (Lipinski definition) is 1. The summed E-state index contributed by atoms with van der Waals surface area (Å²) in [6.07, 6.45) is 0. The topological polar surface area (TPSA) is 9.23 Å². The van der Waals surface area contributed by atoms with Gasteiger partial charge in [0.25, 0.3) is 0 Å². The van der Waals surface area contributed by atoms with Gasteiger partial charge in [-0.2, -0.15) is 0 Å². The molecule has 0 saturated carbocycles. The summed E-state index contributed by atoms with van der Waals surface area (Å²) < 4.78 is 5.88. The largest absolute Gasteiger partial charge is 0.493 e. The van der Waals surface area contributed by atoms with E-state index in [0.717, 1.165) is 28.3 Å². The predicted molar refractivity (Wildman–Crippen MR) is 81.1 cm³/mol. The van der Waals surface area contributed by atoms with Gasteiger partial charge < -0.3 is 4.74 Å². The number of hydrogen-bond donors (Lipinski definition) is 0. The second kappa shape index (κ2) is 6.25. The second-order valence-corrected chi connectivity index (χ2v) is 9.38. The van der Waals surface area contributed by atoms with E-state index in [9.17, 15) is 0 Å². The van der Waals surface area contributed by atoms with Gasteiger partial charge in [0.15, 0.2) is 0 Å². The van der Waals surface area contributed by atoms with Gasteiger partial charge in [0.2, 0.25) is 0 Å². The smallest absolute Gasteiger partial charge is 0.119 e. The minimum Gasteiger partial charge on any atom is -0.493 e. The molecule has 1 rings (SSSR count). The van der Waals surface area contributed by atoms with Crippen LogP contribution in [0.3, 0.4) is 0 Å². The lowest BCUT2D eigenvalue weighted by Crippen LogP contribution is -2.27. The maximum Gasteiger partial charge on any atom is 0.119 e. The van der Waals surface area contributed by atoms with Crippen molar-refractivity contribution < 1.29 is 4.74 Å². The Hall–Kier alpha value is 0.00688. The highest BCUT2D eigenvalue weighted by atomic mass is 79.9. The van der Waals surface area contributed by atoms with E-state index in [0.29, 0.717) is 0 Å². The molecular weight excluding hydrogens is 316 g/mol. The van der Waals surface area contributed by atoms with Gasteiger partial charge in [-0.3, -0.25) is 0 Å². The maximum absolute atomic E-state index is 6.06. The molecule has 0 fully saturated rings. The van der Waals surface area contributed by atoms with Crippen LogP contribution in [0.25, 0.3) is 0 Å². The first kappa shape index (κ1) is 15.1. The molecule has 95 valence electrons. The molecule has 1 radical (unpaired) electrons. The van der Waals surface area contributed by atoms with Crippen molar-refractivity contribution in [3.05, 3.63) is 28.8 Å². The Morgan fingerprint density at radius 2 is 2.00 bits per heavy atom. The molecule has 0 N–H and O–H groups in total. The van der Waals surface area contributed by atoms with Crippen molar-refractivity contribution in [2.75, 3.05) is 6.61 Å². The first-order valence-corrected chi connectivity index (χ1v) is 9.64. The van der Waals surface area contributed by atoms with Gasteiger partial charge in [0.05, 0.1) is 15.4 Å². The molecule has 0 aromatic heterocycles. The van der Waals surface area contributed by atoms with Crippen LogP contribution in [-0.2, 0) is 5.33 Å². The van der Waals surface area contributed by atoms with E-state index in [1.54, 1.807) is 0 Å². The maximum atomic E-state index is 6.06. The molecule has 17 heavy (non-hydrogen) atoms. The van der Waals surface area contributed by atoms with E-state index < -0.39 is 0 Å². The third-order valence-electron chi connectivity index (χ3n) is 3.11. The van der Waals surface area contributed by atoms with Crippen molar-refractivity contribution >= 4 is 36.3 Å². The van der Waals surface area contributed by atoms with Crippen LogP contribution in [0.4, 0.5) is 0 Å². The van der Waals surface area contributed by atoms with E-state index in [4.69, 9.17) is 16.3 Å². The summed E-state index contributed by atoms with van der Waals surface area (Å²) in [5, 5.41) is 1.81. The number of ether oxygens (including phenoxy) is 1. The molecule has 1 aromatic carbocycles. The third kappa shape index (κ3) is 4.31. The average molecular weight is 335 g/mol. The quantitative estimate of drug-likeness (QED) is 0.534. The van der Waals surface area contributed by atoms with Crippen LogP contribution in [0.1, 0.15) is 19.4 Å². The number of alkyl halides is 1. The lowest BCUT2D eigenvalue weighted by Gasteiger charge is -2.28. The molecule has 0 unspecified atom stereocenters.